The number of anilines is 2. The van der Waals surface area contributed by atoms with Crippen LogP contribution in [0.5, 0.6) is 0 Å². The average molecular weight is 411 g/mol. The van der Waals surface area contributed by atoms with Gasteiger partial charge in [0.15, 0.2) is 9.84 Å². The van der Waals surface area contributed by atoms with Crippen LogP contribution in [-0.4, -0.2) is 39.4 Å². The van der Waals surface area contributed by atoms with E-state index in [4.69, 9.17) is 11.6 Å². The molecule has 3 rings (SSSR count). The maximum absolute atomic E-state index is 12.5. The zero-order valence-corrected chi connectivity index (χ0v) is 16.6. The zero-order valence-electron chi connectivity index (χ0n) is 14.2. The Morgan fingerprint density at radius 2 is 2.04 bits per heavy atom. The SMILES string of the molecule is CS(=O)(=O)c1ccc(Cl)c(NC(=O)CN2CCCSc3ccccc32)c1. The van der Waals surface area contributed by atoms with Crippen molar-refractivity contribution < 1.29 is 13.2 Å². The van der Waals surface area contributed by atoms with Crippen LogP contribution in [0.25, 0.3) is 0 Å². The summed E-state index contributed by atoms with van der Waals surface area (Å²) in [6.07, 6.45) is 2.10. The Kier molecular flexibility index (Phi) is 5.79. The molecule has 1 aliphatic rings. The number of amides is 1. The van der Waals surface area contributed by atoms with E-state index in [1.54, 1.807) is 11.8 Å². The third-order valence-electron chi connectivity index (χ3n) is 4.01. The van der Waals surface area contributed by atoms with Gasteiger partial charge in [-0.15, -0.1) is 11.8 Å². The number of thioether (sulfide) groups is 1. The first-order valence-electron chi connectivity index (χ1n) is 8.11. The number of carbonyl (C=O) groups excluding carboxylic acids is 1. The van der Waals surface area contributed by atoms with E-state index in [9.17, 15) is 13.2 Å². The number of benzene rings is 2. The number of carbonyl (C=O) groups is 1. The van der Waals surface area contributed by atoms with Gasteiger partial charge in [-0.3, -0.25) is 4.79 Å². The molecule has 0 aromatic heterocycles. The Balaban J connectivity index is 1.78. The van der Waals surface area contributed by atoms with Gasteiger partial charge in [-0.1, -0.05) is 23.7 Å². The van der Waals surface area contributed by atoms with Crippen LogP contribution in [0.15, 0.2) is 52.3 Å². The monoisotopic (exact) mass is 410 g/mol. The molecule has 1 amide bonds. The van der Waals surface area contributed by atoms with E-state index in [0.717, 1.165) is 35.6 Å². The fourth-order valence-corrected chi connectivity index (χ4v) is 4.58. The van der Waals surface area contributed by atoms with Crippen LogP contribution in [0.2, 0.25) is 5.02 Å². The Morgan fingerprint density at radius 1 is 1.27 bits per heavy atom. The van der Waals surface area contributed by atoms with Crippen LogP contribution in [0.3, 0.4) is 0 Å². The molecule has 8 heteroatoms. The molecule has 26 heavy (non-hydrogen) atoms. The molecule has 0 atom stereocenters. The van der Waals surface area contributed by atoms with Crippen molar-refractivity contribution in [3.05, 3.63) is 47.5 Å². The molecule has 0 radical (unpaired) electrons. The summed E-state index contributed by atoms with van der Waals surface area (Å²) in [5, 5.41) is 3.04. The summed E-state index contributed by atoms with van der Waals surface area (Å²) in [4.78, 5) is 15.9. The first kappa shape index (κ1) is 19.1. The molecule has 0 bridgehead atoms. The minimum Gasteiger partial charge on any atom is -0.361 e. The highest BCUT2D eigenvalue weighted by atomic mass is 35.5. The number of para-hydroxylation sites is 1. The first-order chi connectivity index (χ1) is 12.3. The Morgan fingerprint density at radius 3 is 2.81 bits per heavy atom. The van der Waals surface area contributed by atoms with Gasteiger partial charge < -0.3 is 10.2 Å². The number of rotatable bonds is 4. The van der Waals surface area contributed by atoms with Crippen molar-refractivity contribution >= 4 is 50.5 Å². The van der Waals surface area contributed by atoms with E-state index in [0.29, 0.717) is 10.7 Å². The van der Waals surface area contributed by atoms with E-state index in [-0.39, 0.29) is 17.3 Å². The molecule has 0 spiro atoms. The minimum absolute atomic E-state index is 0.119. The van der Waals surface area contributed by atoms with Crippen LogP contribution in [-0.2, 0) is 14.6 Å². The summed E-state index contributed by atoms with van der Waals surface area (Å²) in [6, 6.07) is 12.3. The summed E-state index contributed by atoms with van der Waals surface area (Å²) in [5.41, 5.74) is 1.35. The Hall–Kier alpha value is -1.70. The predicted molar refractivity (Wildman–Crippen MR) is 107 cm³/mol. The third-order valence-corrected chi connectivity index (χ3v) is 6.60. The van der Waals surface area contributed by atoms with Crippen LogP contribution < -0.4 is 10.2 Å². The maximum atomic E-state index is 12.5. The molecule has 2 aromatic rings. The fraction of sp³-hybridized carbons (Fsp3) is 0.278. The predicted octanol–water partition coefficient (Wildman–Crippen LogP) is 3.68. The number of nitrogens with zero attached hydrogens (tertiary/aromatic N) is 1. The number of nitrogens with one attached hydrogen (secondary N) is 1. The zero-order chi connectivity index (χ0) is 18.7. The smallest absolute Gasteiger partial charge is 0.243 e. The second-order valence-electron chi connectivity index (χ2n) is 6.05. The van der Waals surface area contributed by atoms with E-state index >= 15 is 0 Å². The molecule has 0 aliphatic carbocycles. The standard InChI is InChI=1S/C18H19ClN2O3S2/c1-26(23,24)13-7-8-14(19)15(11-13)20-18(22)12-21-9-4-10-25-17-6-3-2-5-16(17)21/h2-3,5-8,11H,4,9-10,12H2,1H3,(H,20,22). The lowest BCUT2D eigenvalue weighted by Gasteiger charge is -2.24. The topological polar surface area (TPSA) is 66.5 Å². The third kappa shape index (κ3) is 4.52. The van der Waals surface area contributed by atoms with Gasteiger partial charge in [0.1, 0.15) is 0 Å². The molecular formula is C18H19ClN2O3S2. The maximum Gasteiger partial charge on any atom is 0.243 e. The summed E-state index contributed by atoms with van der Waals surface area (Å²) >= 11 is 7.90. The molecule has 1 heterocycles. The average Bonchev–Trinajstić information content (AvgIpc) is 2.78. The van der Waals surface area contributed by atoms with Crippen molar-refractivity contribution in [2.75, 3.05) is 35.3 Å². The summed E-state index contributed by atoms with van der Waals surface area (Å²) < 4.78 is 23.4. The van der Waals surface area contributed by atoms with Gasteiger partial charge >= 0.3 is 0 Å². The lowest BCUT2D eigenvalue weighted by atomic mass is 10.2. The minimum atomic E-state index is -3.37. The summed E-state index contributed by atoms with van der Waals surface area (Å²) in [6.45, 7) is 0.964. The van der Waals surface area contributed by atoms with Crippen LogP contribution in [0.1, 0.15) is 6.42 Å². The molecule has 0 fully saturated rings. The fourth-order valence-electron chi connectivity index (χ4n) is 2.76. The summed E-state index contributed by atoms with van der Waals surface area (Å²) in [7, 11) is -3.37. The van der Waals surface area contributed by atoms with Crippen LogP contribution in [0, 0.1) is 0 Å². The molecule has 2 aromatic carbocycles. The number of hydrogen-bond acceptors (Lipinski definition) is 5. The second-order valence-corrected chi connectivity index (χ2v) is 9.61. The van der Waals surface area contributed by atoms with Gasteiger partial charge in [-0.25, -0.2) is 8.42 Å². The van der Waals surface area contributed by atoms with Crippen molar-refractivity contribution in [2.24, 2.45) is 0 Å². The van der Waals surface area contributed by atoms with Gasteiger partial charge in [0.05, 0.1) is 27.8 Å². The number of hydrogen-bond donors (Lipinski definition) is 1. The Labute approximate surface area is 162 Å². The van der Waals surface area contributed by atoms with E-state index in [1.807, 2.05) is 23.1 Å². The van der Waals surface area contributed by atoms with E-state index in [2.05, 4.69) is 11.4 Å². The van der Waals surface area contributed by atoms with Crippen molar-refractivity contribution in [3.8, 4) is 0 Å². The van der Waals surface area contributed by atoms with E-state index < -0.39 is 9.84 Å². The lowest BCUT2D eigenvalue weighted by Crippen LogP contribution is -2.34. The molecule has 0 saturated carbocycles. The van der Waals surface area contributed by atoms with Crippen molar-refractivity contribution in [1.29, 1.82) is 0 Å². The lowest BCUT2D eigenvalue weighted by molar-refractivity contribution is -0.115. The highest BCUT2D eigenvalue weighted by Crippen LogP contribution is 2.33. The highest BCUT2D eigenvalue weighted by molar-refractivity contribution is 7.99. The molecule has 1 N–H and O–H groups in total. The number of sulfone groups is 1. The van der Waals surface area contributed by atoms with Gasteiger partial charge in [0, 0.05) is 17.7 Å². The molecule has 1 aliphatic heterocycles. The van der Waals surface area contributed by atoms with Gasteiger partial charge in [0.2, 0.25) is 5.91 Å². The molecule has 0 unspecified atom stereocenters. The highest BCUT2D eigenvalue weighted by Gasteiger charge is 2.19. The normalized spacial score (nSPS) is 14.5. The Bertz CT molecular complexity index is 932. The van der Waals surface area contributed by atoms with Gasteiger partial charge in [-0.2, -0.15) is 0 Å². The van der Waals surface area contributed by atoms with Crippen molar-refractivity contribution in [3.63, 3.8) is 0 Å². The largest absolute Gasteiger partial charge is 0.361 e. The number of fused-ring (bicyclic) bond motifs is 1. The second kappa shape index (κ2) is 7.90. The van der Waals surface area contributed by atoms with E-state index in [1.165, 1.54) is 18.2 Å². The summed E-state index contributed by atoms with van der Waals surface area (Å²) in [5.74, 6) is 0.774. The quantitative estimate of drug-likeness (QED) is 0.832. The molecule has 0 saturated heterocycles. The molecular weight excluding hydrogens is 392 g/mol. The van der Waals surface area contributed by atoms with Crippen molar-refractivity contribution in [1.82, 2.24) is 0 Å². The molecule has 138 valence electrons. The molecule has 5 nitrogen and oxygen atoms in total. The van der Waals surface area contributed by atoms with Gasteiger partial charge in [-0.05, 0) is 42.5 Å². The van der Waals surface area contributed by atoms with Crippen LogP contribution >= 0.6 is 23.4 Å². The first-order valence-corrected chi connectivity index (χ1v) is 11.4. The number of halogens is 1. The van der Waals surface area contributed by atoms with Crippen molar-refractivity contribution in [2.45, 2.75) is 16.2 Å². The van der Waals surface area contributed by atoms with Gasteiger partial charge in [0.25, 0.3) is 0 Å². The van der Waals surface area contributed by atoms with Crippen LogP contribution in [0.4, 0.5) is 11.4 Å².